The summed E-state index contributed by atoms with van der Waals surface area (Å²) in [5.74, 6) is 1.24. The first-order chi connectivity index (χ1) is 12.4. The number of benzene rings is 2. The zero-order valence-electron chi connectivity index (χ0n) is 15.3. The Bertz CT molecular complexity index is 939. The van der Waals surface area contributed by atoms with Gasteiger partial charge in [-0.1, -0.05) is 29.8 Å². The Morgan fingerprint density at radius 1 is 1.12 bits per heavy atom. The summed E-state index contributed by atoms with van der Waals surface area (Å²) in [4.78, 5) is 4.85. The van der Waals surface area contributed by atoms with Crippen LogP contribution < -0.4 is 11.1 Å². The van der Waals surface area contributed by atoms with E-state index in [9.17, 15) is 4.39 Å². The average Bonchev–Trinajstić information content (AvgIpc) is 2.96. The zero-order valence-corrected chi connectivity index (χ0v) is 15.3. The molecule has 134 valence electrons. The van der Waals surface area contributed by atoms with Crippen LogP contribution in [0.2, 0.25) is 0 Å². The van der Waals surface area contributed by atoms with Crippen LogP contribution in [0, 0.1) is 12.7 Å². The number of imidazole rings is 1. The number of nitrogen functional groups attached to an aromatic ring is 1. The lowest BCUT2D eigenvalue weighted by molar-refractivity contribution is 0.293. The molecule has 0 saturated heterocycles. The third kappa shape index (κ3) is 2.69. The fourth-order valence-electron chi connectivity index (χ4n) is 3.60. The molecule has 3 N–H and O–H groups in total. The van der Waals surface area contributed by atoms with Crippen molar-refractivity contribution >= 4 is 5.82 Å². The highest BCUT2D eigenvalue weighted by atomic mass is 19.1. The third-order valence-electron chi connectivity index (χ3n) is 5.14. The predicted molar refractivity (Wildman–Crippen MR) is 102 cm³/mol. The second-order valence-electron chi connectivity index (χ2n) is 7.48. The molecule has 0 bridgehead atoms. The van der Waals surface area contributed by atoms with E-state index in [4.69, 9.17) is 10.7 Å². The fraction of sp³-hybridized carbons (Fsp3) is 0.286. The minimum Gasteiger partial charge on any atom is -0.383 e. The highest BCUT2D eigenvalue weighted by molar-refractivity contribution is 5.71. The summed E-state index contributed by atoms with van der Waals surface area (Å²) in [5, 5.41) is 3.58. The van der Waals surface area contributed by atoms with Crippen molar-refractivity contribution < 1.29 is 4.39 Å². The Morgan fingerprint density at radius 3 is 2.42 bits per heavy atom. The Kier molecular flexibility index (Phi) is 3.84. The van der Waals surface area contributed by atoms with Crippen molar-refractivity contribution in [3.8, 4) is 11.3 Å². The maximum absolute atomic E-state index is 13.3. The zero-order chi connectivity index (χ0) is 18.5. The molecule has 0 radical (unpaired) electrons. The summed E-state index contributed by atoms with van der Waals surface area (Å²) in [7, 11) is 0. The summed E-state index contributed by atoms with van der Waals surface area (Å²) >= 11 is 0. The van der Waals surface area contributed by atoms with E-state index in [1.807, 2.05) is 0 Å². The Morgan fingerprint density at radius 2 is 1.77 bits per heavy atom. The Labute approximate surface area is 152 Å². The molecule has 3 aromatic rings. The molecule has 26 heavy (non-hydrogen) atoms. The normalized spacial score (nSPS) is 18.5. The highest BCUT2D eigenvalue weighted by Crippen LogP contribution is 2.38. The third-order valence-corrected chi connectivity index (χ3v) is 5.14. The van der Waals surface area contributed by atoms with Crippen LogP contribution in [-0.4, -0.2) is 16.1 Å². The van der Waals surface area contributed by atoms with Gasteiger partial charge in [0.25, 0.3) is 0 Å². The van der Waals surface area contributed by atoms with Crippen LogP contribution in [0.1, 0.15) is 36.8 Å². The van der Waals surface area contributed by atoms with E-state index in [-0.39, 0.29) is 17.4 Å². The quantitative estimate of drug-likeness (QED) is 0.734. The molecule has 2 aromatic carbocycles. The minimum absolute atomic E-state index is 0.0697. The first-order valence-corrected chi connectivity index (χ1v) is 8.82. The van der Waals surface area contributed by atoms with Crippen molar-refractivity contribution in [3.63, 3.8) is 0 Å². The standard InChI is InChI=1S/C21H23FN4/c1-13-4-6-14(7-5-13)17-12-24-21(2,3)20-25-18(19(23)26(17)20)15-8-10-16(22)11-9-15/h4-11,17,24H,12,23H2,1-3H3. The van der Waals surface area contributed by atoms with Gasteiger partial charge in [0.15, 0.2) is 0 Å². The van der Waals surface area contributed by atoms with E-state index < -0.39 is 0 Å². The first kappa shape index (κ1) is 16.8. The van der Waals surface area contributed by atoms with Gasteiger partial charge in [-0.3, -0.25) is 0 Å². The maximum atomic E-state index is 13.3. The summed E-state index contributed by atoms with van der Waals surface area (Å²) in [6.45, 7) is 7.05. The molecule has 1 aliphatic rings. The number of nitrogens with two attached hydrogens (primary N) is 1. The molecule has 2 heterocycles. The fourth-order valence-corrected chi connectivity index (χ4v) is 3.60. The molecule has 0 saturated carbocycles. The van der Waals surface area contributed by atoms with Gasteiger partial charge in [-0.15, -0.1) is 0 Å². The molecule has 1 atom stereocenters. The van der Waals surface area contributed by atoms with Gasteiger partial charge < -0.3 is 15.6 Å². The number of aromatic nitrogens is 2. The predicted octanol–water partition coefficient (Wildman–Crippen LogP) is 4.01. The molecule has 0 spiro atoms. The van der Waals surface area contributed by atoms with Gasteiger partial charge in [0.2, 0.25) is 0 Å². The lowest BCUT2D eigenvalue weighted by atomic mass is 9.96. The first-order valence-electron chi connectivity index (χ1n) is 8.82. The minimum atomic E-state index is -0.298. The van der Waals surface area contributed by atoms with Crippen molar-refractivity contribution in [2.45, 2.75) is 32.4 Å². The van der Waals surface area contributed by atoms with E-state index in [2.05, 4.69) is 54.9 Å². The van der Waals surface area contributed by atoms with Gasteiger partial charge in [-0.25, -0.2) is 9.37 Å². The molecule has 5 heteroatoms. The van der Waals surface area contributed by atoms with Crippen molar-refractivity contribution in [3.05, 3.63) is 71.3 Å². The molecule has 4 nitrogen and oxygen atoms in total. The van der Waals surface area contributed by atoms with Crippen LogP contribution in [0.15, 0.2) is 48.5 Å². The second-order valence-corrected chi connectivity index (χ2v) is 7.48. The molecular formula is C21H23FN4. The lowest BCUT2D eigenvalue weighted by Gasteiger charge is -2.37. The van der Waals surface area contributed by atoms with Gasteiger partial charge in [0.1, 0.15) is 23.2 Å². The maximum Gasteiger partial charge on any atom is 0.132 e. The van der Waals surface area contributed by atoms with Crippen LogP contribution >= 0.6 is 0 Å². The number of hydrogen-bond donors (Lipinski definition) is 2. The molecular weight excluding hydrogens is 327 g/mol. The number of halogens is 1. The van der Waals surface area contributed by atoms with Crippen molar-refractivity contribution in [1.29, 1.82) is 0 Å². The van der Waals surface area contributed by atoms with Crippen LogP contribution in [0.3, 0.4) is 0 Å². The molecule has 1 aliphatic heterocycles. The van der Waals surface area contributed by atoms with Crippen molar-refractivity contribution in [1.82, 2.24) is 14.9 Å². The monoisotopic (exact) mass is 350 g/mol. The number of anilines is 1. The van der Waals surface area contributed by atoms with E-state index >= 15 is 0 Å². The summed E-state index contributed by atoms with van der Waals surface area (Å²) < 4.78 is 15.4. The van der Waals surface area contributed by atoms with E-state index in [0.717, 1.165) is 17.9 Å². The van der Waals surface area contributed by atoms with Gasteiger partial charge in [-0.05, 0) is 50.6 Å². The Balaban J connectivity index is 1.88. The number of rotatable bonds is 2. The molecule has 0 aliphatic carbocycles. The smallest absolute Gasteiger partial charge is 0.132 e. The molecule has 1 unspecified atom stereocenters. The summed E-state index contributed by atoms with van der Waals surface area (Å²) in [5.41, 5.74) is 10.2. The van der Waals surface area contributed by atoms with Crippen molar-refractivity contribution in [2.75, 3.05) is 12.3 Å². The SMILES string of the molecule is Cc1ccc(C2CNC(C)(C)c3nc(-c4ccc(F)cc4)c(N)n32)cc1. The summed E-state index contributed by atoms with van der Waals surface area (Å²) in [6.07, 6.45) is 0. The number of nitrogens with one attached hydrogen (secondary N) is 1. The van der Waals surface area contributed by atoms with Crippen molar-refractivity contribution in [2.24, 2.45) is 0 Å². The Hall–Kier alpha value is -2.66. The molecule has 1 aromatic heterocycles. The van der Waals surface area contributed by atoms with Crippen LogP contribution in [0.4, 0.5) is 10.2 Å². The van der Waals surface area contributed by atoms with E-state index in [0.29, 0.717) is 11.5 Å². The van der Waals surface area contributed by atoms with Gasteiger partial charge in [0, 0.05) is 12.1 Å². The van der Waals surface area contributed by atoms with Crippen LogP contribution in [-0.2, 0) is 5.54 Å². The highest BCUT2D eigenvalue weighted by Gasteiger charge is 2.37. The van der Waals surface area contributed by atoms with Gasteiger partial charge in [0.05, 0.1) is 11.6 Å². The van der Waals surface area contributed by atoms with Gasteiger partial charge >= 0.3 is 0 Å². The molecule has 4 rings (SSSR count). The topological polar surface area (TPSA) is 55.9 Å². The largest absolute Gasteiger partial charge is 0.383 e. The number of nitrogens with zero attached hydrogens (tertiary/aromatic N) is 2. The number of fused-ring (bicyclic) bond motifs is 1. The van der Waals surface area contributed by atoms with Crippen LogP contribution in [0.5, 0.6) is 0 Å². The number of hydrogen-bond acceptors (Lipinski definition) is 3. The van der Waals surface area contributed by atoms with E-state index in [1.165, 1.54) is 23.3 Å². The lowest BCUT2D eigenvalue weighted by Crippen LogP contribution is -2.48. The molecule has 0 fully saturated rings. The second kappa shape index (κ2) is 5.95. The summed E-state index contributed by atoms with van der Waals surface area (Å²) in [6, 6.07) is 14.9. The van der Waals surface area contributed by atoms with Gasteiger partial charge in [-0.2, -0.15) is 0 Å². The number of aryl methyl sites for hydroxylation is 1. The average molecular weight is 350 g/mol. The van der Waals surface area contributed by atoms with E-state index in [1.54, 1.807) is 12.1 Å². The molecule has 0 amide bonds. The van der Waals surface area contributed by atoms with Crippen LogP contribution in [0.25, 0.3) is 11.3 Å².